The molecule has 2 heterocycles. The Morgan fingerprint density at radius 3 is 1.91 bits per heavy atom. The number of aliphatic imine (C=N–C) groups is 2. The SMILES string of the molecule is c1ccc(-c2cccc3oc4cccc(C5=NC(c6cc7ccccc7c7ccccc67)=NC(c6ccccc6)N5)c4c23)cc1. The molecule has 45 heavy (non-hydrogen) atoms. The molecule has 0 bridgehead atoms. The molecular formula is C41H27N3O. The van der Waals surface area contributed by atoms with Crippen molar-refractivity contribution in [3.63, 3.8) is 0 Å². The fourth-order valence-electron chi connectivity index (χ4n) is 6.67. The van der Waals surface area contributed by atoms with Crippen LogP contribution in [0.25, 0.3) is 54.6 Å². The van der Waals surface area contributed by atoms with Gasteiger partial charge in [-0.1, -0.05) is 133 Å². The van der Waals surface area contributed by atoms with Crippen molar-refractivity contribution in [2.45, 2.75) is 6.17 Å². The predicted octanol–water partition coefficient (Wildman–Crippen LogP) is 10.1. The fourth-order valence-corrected chi connectivity index (χ4v) is 6.67. The van der Waals surface area contributed by atoms with Crippen LogP contribution in [0.1, 0.15) is 22.9 Å². The Hall–Kier alpha value is -6.00. The van der Waals surface area contributed by atoms with Gasteiger partial charge in [0.15, 0.2) is 5.84 Å². The molecule has 9 rings (SSSR count). The fraction of sp³-hybridized carbons (Fsp3) is 0.0244. The second-order valence-electron chi connectivity index (χ2n) is 11.4. The molecule has 8 aromatic rings. The van der Waals surface area contributed by atoms with Crippen molar-refractivity contribution >= 4 is 55.2 Å². The molecule has 4 nitrogen and oxygen atoms in total. The van der Waals surface area contributed by atoms with Crippen molar-refractivity contribution in [3.05, 3.63) is 168 Å². The van der Waals surface area contributed by atoms with Crippen LogP contribution < -0.4 is 5.32 Å². The molecule has 212 valence electrons. The summed E-state index contributed by atoms with van der Waals surface area (Å²) >= 11 is 0. The third-order valence-electron chi connectivity index (χ3n) is 8.73. The third-order valence-corrected chi connectivity index (χ3v) is 8.73. The summed E-state index contributed by atoms with van der Waals surface area (Å²) in [4.78, 5) is 10.6. The molecular weight excluding hydrogens is 550 g/mol. The first-order valence-electron chi connectivity index (χ1n) is 15.2. The molecule has 1 atom stereocenters. The van der Waals surface area contributed by atoms with Crippen molar-refractivity contribution in [2.24, 2.45) is 9.98 Å². The largest absolute Gasteiger partial charge is 0.456 e. The molecule has 0 amide bonds. The molecule has 1 N–H and O–H groups in total. The van der Waals surface area contributed by atoms with Gasteiger partial charge in [-0.15, -0.1) is 0 Å². The highest BCUT2D eigenvalue weighted by molar-refractivity contribution is 6.26. The first-order valence-corrected chi connectivity index (χ1v) is 15.2. The summed E-state index contributed by atoms with van der Waals surface area (Å²) in [6.07, 6.45) is -0.319. The lowest BCUT2D eigenvalue weighted by Gasteiger charge is -2.24. The van der Waals surface area contributed by atoms with Gasteiger partial charge < -0.3 is 9.73 Å². The Bertz CT molecular complexity index is 2460. The topological polar surface area (TPSA) is 49.9 Å². The zero-order valence-corrected chi connectivity index (χ0v) is 24.3. The van der Waals surface area contributed by atoms with Crippen molar-refractivity contribution in [1.29, 1.82) is 0 Å². The van der Waals surface area contributed by atoms with E-state index in [1.807, 2.05) is 30.3 Å². The number of rotatable bonds is 4. The van der Waals surface area contributed by atoms with E-state index in [9.17, 15) is 0 Å². The van der Waals surface area contributed by atoms with Crippen LogP contribution in [0, 0.1) is 0 Å². The van der Waals surface area contributed by atoms with Gasteiger partial charge in [-0.2, -0.15) is 0 Å². The highest BCUT2D eigenvalue weighted by atomic mass is 16.3. The summed E-state index contributed by atoms with van der Waals surface area (Å²) in [5.74, 6) is 1.47. The highest BCUT2D eigenvalue weighted by Crippen LogP contribution is 2.39. The summed E-state index contributed by atoms with van der Waals surface area (Å²) in [6, 6.07) is 52.6. The summed E-state index contributed by atoms with van der Waals surface area (Å²) in [7, 11) is 0. The van der Waals surface area contributed by atoms with Crippen LogP contribution in [-0.2, 0) is 0 Å². The number of nitrogens with one attached hydrogen (secondary N) is 1. The molecule has 0 fully saturated rings. The van der Waals surface area contributed by atoms with Gasteiger partial charge in [0.2, 0.25) is 0 Å². The van der Waals surface area contributed by atoms with Crippen LogP contribution in [0.5, 0.6) is 0 Å². The first-order chi connectivity index (χ1) is 22.3. The predicted molar refractivity (Wildman–Crippen MR) is 186 cm³/mol. The summed E-state index contributed by atoms with van der Waals surface area (Å²) in [5.41, 5.74) is 7.01. The minimum Gasteiger partial charge on any atom is -0.456 e. The van der Waals surface area contributed by atoms with Crippen molar-refractivity contribution < 1.29 is 4.42 Å². The minimum absolute atomic E-state index is 0.319. The lowest BCUT2D eigenvalue weighted by atomic mass is 9.95. The smallest absolute Gasteiger partial charge is 0.160 e. The van der Waals surface area contributed by atoms with Gasteiger partial charge in [-0.25, -0.2) is 9.98 Å². The second kappa shape index (κ2) is 10.3. The van der Waals surface area contributed by atoms with Gasteiger partial charge in [0.05, 0.1) is 0 Å². The van der Waals surface area contributed by atoms with Gasteiger partial charge in [0, 0.05) is 21.9 Å². The average molecular weight is 578 g/mol. The second-order valence-corrected chi connectivity index (χ2v) is 11.4. The molecule has 0 spiro atoms. The number of furan rings is 1. The summed E-state index contributed by atoms with van der Waals surface area (Å²) < 4.78 is 6.46. The molecule has 1 unspecified atom stereocenters. The van der Waals surface area contributed by atoms with Gasteiger partial charge in [-0.05, 0) is 56.4 Å². The van der Waals surface area contributed by atoms with E-state index in [-0.39, 0.29) is 6.17 Å². The van der Waals surface area contributed by atoms with Crippen LogP contribution in [-0.4, -0.2) is 11.7 Å². The lowest BCUT2D eigenvalue weighted by Crippen LogP contribution is -2.33. The lowest BCUT2D eigenvalue weighted by molar-refractivity contribution is 0.668. The normalized spacial score (nSPS) is 14.9. The number of nitrogens with zero attached hydrogens (tertiary/aromatic N) is 2. The van der Waals surface area contributed by atoms with Crippen LogP contribution in [0.4, 0.5) is 0 Å². The molecule has 1 aliphatic heterocycles. The molecule has 1 aromatic heterocycles. The maximum atomic E-state index is 6.46. The van der Waals surface area contributed by atoms with Crippen molar-refractivity contribution in [2.75, 3.05) is 0 Å². The zero-order valence-electron chi connectivity index (χ0n) is 24.3. The van der Waals surface area contributed by atoms with E-state index < -0.39 is 0 Å². The quantitative estimate of drug-likeness (QED) is 0.212. The molecule has 0 saturated heterocycles. The van der Waals surface area contributed by atoms with Crippen LogP contribution in [0.15, 0.2) is 166 Å². The first kappa shape index (κ1) is 25.5. The molecule has 4 heteroatoms. The number of hydrogen-bond acceptors (Lipinski definition) is 4. The highest BCUT2D eigenvalue weighted by Gasteiger charge is 2.25. The van der Waals surface area contributed by atoms with E-state index >= 15 is 0 Å². The maximum Gasteiger partial charge on any atom is 0.160 e. The Labute approximate surface area is 260 Å². The van der Waals surface area contributed by atoms with E-state index in [4.69, 9.17) is 14.4 Å². The molecule has 0 aliphatic carbocycles. The van der Waals surface area contributed by atoms with Gasteiger partial charge in [0.1, 0.15) is 23.2 Å². The molecule has 7 aromatic carbocycles. The zero-order chi connectivity index (χ0) is 29.7. The van der Waals surface area contributed by atoms with Crippen LogP contribution in [0.3, 0.4) is 0 Å². The van der Waals surface area contributed by atoms with E-state index in [0.717, 1.165) is 66.4 Å². The standard InChI is InChI=1S/C41H27N3O/c1-3-13-26(14-4-1)30-21-11-23-35-37(30)38-33(22-12-24-36(38)45-35)40-42-39(27-15-5-2-6-16-27)43-41(44-40)34-25-28-17-7-8-18-29(28)31-19-9-10-20-32(31)34/h1-25,39H,(H,42,43,44). The number of benzene rings is 7. The van der Waals surface area contributed by atoms with Gasteiger partial charge in [-0.3, -0.25) is 0 Å². The molecule has 0 saturated carbocycles. The minimum atomic E-state index is -0.319. The Morgan fingerprint density at radius 2 is 1.13 bits per heavy atom. The number of amidine groups is 2. The molecule has 1 aliphatic rings. The number of fused-ring (bicyclic) bond motifs is 6. The van der Waals surface area contributed by atoms with Crippen LogP contribution >= 0.6 is 0 Å². The van der Waals surface area contributed by atoms with Gasteiger partial charge in [0.25, 0.3) is 0 Å². The monoisotopic (exact) mass is 577 g/mol. The van der Waals surface area contributed by atoms with E-state index in [1.165, 1.54) is 10.8 Å². The maximum absolute atomic E-state index is 6.46. The number of hydrogen-bond donors (Lipinski definition) is 1. The summed E-state index contributed by atoms with van der Waals surface area (Å²) in [6.45, 7) is 0. The van der Waals surface area contributed by atoms with Gasteiger partial charge >= 0.3 is 0 Å². The third kappa shape index (κ3) is 4.22. The van der Waals surface area contributed by atoms with Crippen molar-refractivity contribution in [1.82, 2.24) is 5.32 Å². The Morgan fingerprint density at radius 1 is 0.511 bits per heavy atom. The molecule has 0 radical (unpaired) electrons. The average Bonchev–Trinajstić information content (AvgIpc) is 3.51. The summed E-state index contributed by atoms with van der Waals surface area (Å²) in [5, 5.41) is 10.5. The Kier molecular flexibility index (Phi) is 5.85. The van der Waals surface area contributed by atoms with E-state index in [2.05, 4.69) is 127 Å². The van der Waals surface area contributed by atoms with E-state index in [1.54, 1.807) is 0 Å². The van der Waals surface area contributed by atoms with Crippen LogP contribution in [0.2, 0.25) is 0 Å². The Balaban J connectivity index is 1.32. The van der Waals surface area contributed by atoms with Crippen molar-refractivity contribution in [3.8, 4) is 11.1 Å². The van der Waals surface area contributed by atoms with E-state index in [0.29, 0.717) is 5.84 Å².